The lowest BCUT2D eigenvalue weighted by atomic mass is 9.98. The maximum absolute atomic E-state index is 13.4. The Hall–Kier alpha value is -2.14. The monoisotopic (exact) mass is 491 g/mol. The second-order valence-corrected chi connectivity index (χ2v) is 10.5. The van der Waals surface area contributed by atoms with E-state index in [-0.39, 0.29) is 27.1 Å². The lowest BCUT2D eigenvalue weighted by molar-refractivity contribution is -0.0921. The number of hydrogen-bond donors (Lipinski definition) is 3. The zero-order valence-electron chi connectivity index (χ0n) is 16.9. The van der Waals surface area contributed by atoms with Gasteiger partial charge in [0.2, 0.25) is 0 Å². The molecule has 1 amide bonds. The second-order valence-electron chi connectivity index (χ2n) is 8.05. The molecule has 0 heterocycles. The molecule has 1 saturated carbocycles. The highest BCUT2D eigenvalue weighted by atomic mass is 35.5. The fraction of sp³-hybridized carbons (Fsp3) is 0.381. The molecule has 32 heavy (non-hydrogen) atoms. The van der Waals surface area contributed by atoms with Crippen LogP contribution in [0.3, 0.4) is 0 Å². The van der Waals surface area contributed by atoms with Crippen LogP contribution < -0.4 is 5.32 Å². The van der Waals surface area contributed by atoms with Crippen molar-refractivity contribution in [3.63, 3.8) is 0 Å². The summed E-state index contributed by atoms with van der Waals surface area (Å²) in [5, 5.41) is 21.2. The van der Waals surface area contributed by atoms with Crippen molar-refractivity contribution in [3.8, 4) is 0 Å². The molecule has 174 valence electrons. The van der Waals surface area contributed by atoms with Gasteiger partial charge in [-0.3, -0.25) is 4.79 Å². The van der Waals surface area contributed by atoms with Crippen LogP contribution in [0.15, 0.2) is 35.2 Å². The van der Waals surface area contributed by atoms with Gasteiger partial charge >= 0.3 is 0 Å². The van der Waals surface area contributed by atoms with Crippen molar-refractivity contribution in [2.75, 3.05) is 11.1 Å². The number of nitrogens with one attached hydrogen (secondary N) is 1. The van der Waals surface area contributed by atoms with Gasteiger partial charge in [-0.2, -0.15) is 0 Å². The smallest absolute Gasteiger partial charge is 0.255 e. The quantitative estimate of drug-likeness (QED) is 0.422. The molecule has 0 spiro atoms. The van der Waals surface area contributed by atoms with Crippen LogP contribution in [-0.2, 0) is 9.84 Å². The number of carbonyl (C=O) groups is 1. The van der Waals surface area contributed by atoms with E-state index < -0.39 is 57.1 Å². The largest absolute Gasteiger partial charge is 0.368 e. The average molecular weight is 492 g/mol. The fourth-order valence-corrected chi connectivity index (χ4v) is 6.36. The zero-order valence-corrected chi connectivity index (χ0v) is 18.4. The average Bonchev–Trinajstić information content (AvgIpc) is 3.05. The Balaban J connectivity index is 1.85. The first kappa shape index (κ1) is 24.5. The van der Waals surface area contributed by atoms with Crippen LogP contribution in [0, 0.1) is 35.2 Å². The third-order valence-corrected chi connectivity index (χ3v) is 7.89. The summed E-state index contributed by atoms with van der Waals surface area (Å²) in [5.41, 5.74) is -0.512. The number of sulfone groups is 1. The molecule has 3 N–H and O–H groups in total. The van der Waals surface area contributed by atoms with Crippen molar-refractivity contribution in [2.24, 2.45) is 17.8 Å². The minimum Gasteiger partial charge on any atom is -0.368 e. The standard InChI is InChI=1S/C21H21ClF3NO5S/c1-10-4-12(14(5-10)21(28)29)9-32(30,31)18-6-11(2-3-15(18)22)20(27)26-13-7-16(23)19(25)17(24)8-13/h2-3,6-8,10,12,14,21,28-29H,4-5,9H2,1H3,(H,26,27)/t10?,12-,14?/m1/s1. The van der Waals surface area contributed by atoms with Crippen LogP contribution in [0.2, 0.25) is 5.02 Å². The lowest BCUT2D eigenvalue weighted by Crippen LogP contribution is -2.28. The van der Waals surface area contributed by atoms with Gasteiger partial charge in [-0.05, 0) is 42.9 Å². The number of rotatable bonds is 6. The number of halogens is 4. The zero-order chi connectivity index (χ0) is 23.8. The van der Waals surface area contributed by atoms with Crippen molar-refractivity contribution in [2.45, 2.75) is 31.0 Å². The molecule has 2 aromatic rings. The first-order valence-corrected chi connectivity index (χ1v) is 11.8. The summed E-state index contributed by atoms with van der Waals surface area (Å²) in [4.78, 5) is 12.2. The summed E-state index contributed by atoms with van der Waals surface area (Å²) in [6.07, 6.45) is -0.691. The van der Waals surface area contributed by atoms with Crippen LogP contribution in [-0.4, -0.2) is 36.6 Å². The van der Waals surface area contributed by atoms with Crippen LogP contribution >= 0.6 is 11.6 Å². The predicted octanol–water partition coefficient (Wildman–Crippen LogP) is 3.76. The maximum atomic E-state index is 13.4. The van der Waals surface area contributed by atoms with E-state index in [0.29, 0.717) is 25.0 Å². The van der Waals surface area contributed by atoms with E-state index in [1.807, 2.05) is 6.92 Å². The molecule has 11 heteroatoms. The molecule has 1 fully saturated rings. The Labute approximate surface area is 187 Å². The van der Waals surface area contributed by atoms with Gasteiger partial charge in [0.05, 0.1) is 15.7 Å². The predicted molar refractivity (Wildman–Crippen MR) is 111 cm³/mol. The molecule has 3 rings (SSSR count). The highest BCUT2D eigenvalue weighted by Crippen LogP contribution is 2.40. The molecule has 0 aliphatic heterocycles. The fourth-order valence-electron chi connectivity index (χ4n) is 4.09. The van der Waals surface area contributed by atoms with E-state index in [0.717, 1.165) is 6.07 Å². The molecular weight excluding hydrogens is 471 g/mol. The van der Waals surface area contributed by atoms with Crippen molar-refractivity contribution in [1.29, 1.82) is 0 Å². The first-order valence-electron chi connectivity index (χ1n) is 9.73. The SMILES string of the molecule is CC1CC(C(O)O)[C@@H](CS(=O)(=O)c2cc(C(=O)Nc3cc(F)c(F)c(F)c3)ccc2Cl)C1. The molecule has 3 atom stereocenters. The number of aliphatic hydroxyl groups excluding tert-OH is 1. The molecule has 6 nitrogen and oxygen atoms in total. The Bertz CT molecular complexity index is 1120. The van der Waals surface area contributed by atoms with Gasteiger partial charge in [-0.15, -0.1) is 0 Å². The van der Waals surface area contributed by atoms with Gasteiger partial charge in [0.15, 0.2) is 33.6 Å². The summed E-state index contributed by atoms with van der Waals surface area (Å²) in [6.45, 7) is 1.89. The third kappa shape index (κ3) is 5.25. The Morgan fingerprint density at radius 2 is 1.78 bits per heavy atom. The van der Waals surface area contributed by atoms with Crippen molar-refractivity contribution >= 4 is 33.0 Å². The lowest BCUT2D eigenvalue weighted by Gasteiger charge is -2.21. The number of carbonyl (C=O) groups excluding carboxylic acids is 1. The number of aliphatic hydroxyl groups is 2. The summed E-state index contributed by atoms with van der Waals surface area (Å²) in [7, 11) is -4.02. The van der Waals surface area contributed by atoms with Gasteiger partial charge in [-0.25, -0.2) is 21.6 Å². The molecular formula is C21H21ClF3NO5S. The molecule has 0 aromatic heterocycles. The van der Waals surface area contributed by atoms with E-state index in [9.17, 15) is 36.6 Å². The topological polar surface area (TPSA) is 104 Å². The number of benzene rings is 2. The molecule has 2 unspecified atom stereocenters. The van der Waals surface area contributed by atoms with Gasteiger partial charge in [0.1, 0.15) is 0 Å². The van der Waals surface area contributed by atoms with Crippen LogP contribution in [0.4, 0.5) is 18.9 Å². The molecule has 1 aliphatic rings. The minimum atomic E-state index is -4.02. The first-order chi connectivity index (χ1) is 14.9. The summed E-state index contributed by atoms with van der Waals surface area (Å²) in [5.74, 6) is -6.94. The third-order valence-electron chi connectivity index (χ3n) is 5.57. The summed E-state index contributed by atoms with van der Waals surface area (Å²) in [6, 6.07) is 4.64. The van der Waals surface area contributed by atoms with E-state index in [1.54, 1.807) is 0 Å². The summed E-state index contributed by atoms with van der Waals surface area (Å²) < 4.78 is 65.9. The maximum Gasteiger partial charge on any atom is 0.255 e. The van der Waals surface area contributed by atoms with Gasteiger partial charge in [0, 0.05) is 29.3 Å². The van der Waals surface area contributed by atoms with Gasteiger partial charge < -0.3 is 15.5 Å². The van der Waals surface area contributed by atoms with Crippen LogP contribution in [0.1, 0.15) is 30.1 Å². The highest BCUT2D eigenvalue weighted by molar-refractivity contribution is 7.91. The van der Waals surface area contributed by atoms with Crippen LogP contribution in [0.5, 0.6) is 0 Å². The van der Waals surface area contributed by atoms with Gasteiger partial charge in [-0.1, -0.05) is 18.5 Å². The van der Waals surface area contributed by atoms with E-state index in [1.165, 1.54) is 12.1 Å². The molecule has 2 aromatic carbocycles. The number of hydrogen-bond acceptors (Lipinski definition) is 5. The normalized spacial score (nSPS) is 21.2. The van der Waals surface area contributed by atoms with Crippen molar-refractivity contribution in [3.05, 3.63) is 58.4 Å². The molecule has 1 aliphatic carbocycles. The Kier molecular flexibility index (Phi) is 7.18. The molecule has 0 radical (unpaired) electrons. The van der Waals surface area contributed by atoms with Crippen molar-refractivity contribution in [1.82, 2.24) is 0 Å². The minimum absolute atomic E-state index is 0.117. The van der Waals surface area contributed by atoms with Crippen molar-refractivity contribution < 1.29 is 36.6 Å². The van der Waals surface area contributed by atoms with E-state index >= 15 is 0 Å². The van der Waals surface area contributed by atoms with Gasteiger partial charge in [0.25, 0.3) is 5.91 Å². The molecule has 0 bridgehead atoms. The highest BCUT2D eigenvalue weighted by Gasteiger charge is 2.39. The Morgan fingerprint density at radius 3 is 2.38 bits per heavy atom. The molecule has 0 saturated heterocycles. The van der Waals surface area contributed by atoms with E-state index in [4.69, 9.17) is 11.6 Å². The number of anilines is 1. The Morgan fingerprint density at radius 1 is 1.16 bits per heavy atom. The summed E-state index contributed by atoms with van der Waals surface area (Å²) >= 11 is 6.07. The van der Waals surface area contributed by atoms with E-state index in [2.05, 4.69) is 5.32 Å². The van der Waals surface area contributed by atoms with Crippen LogP contribution in [0.25, 0.3) is 0 Å². The number of amides is 1. The second kappa shape index (κ2) is 9.38.